The highest BCUT2D eigenvalue weighted by Gasteiger charge is 2.14. The van der Waals surface area contributed by atoms with E-state index in [2.05, 4.69) is 61.7 Å². The van der Waals surface area contributed by atoms with Crippen molar-refractivity contribution in [1.29, 1.82) is 0 Å². The van der Waals surface area contributed by atoms with Crippen molar-refractivity contribution in [2.24, 2.45) is 0 Å². The van der Waals surface area contributed by atoms with Gasteiger partial charge in [-0.2, -0.15) is 0 Å². The molecule has 3 heterocycles. The van der Waals surface area contributed by atoms with Crippen molar-refractivity contribution in [2.75, 3.05) is 7.11 Å². The van der Waals surface area contributed by atoms with Crippen LogP contribution in [0.1, 0.15) is 79.8 Å². The second kappa shape index (κ2) is 13.8. The van der Waals surface area contributed by atoms with Crippen molar-refractivity contribution in [3.05, 3.63) is 56.6 Å². The Morgan fingerprint density at radius 3 is 2.25 bits per heavy atom. The largest absolute Gasteiger partial charge is 0.504 e. The minimum Gasteiger partial charge on any atom is -0.504 e. The summed E-state index contributed by atoms with van der Waals surface area (Å²) in [6, 6.07) is 9.21. The average Bonchev–Trinajstić information content (AvgIpc) is 3.53. The van der Waals surface area contributed by atoms with E-state index in [1.807, 2.05) is 22.7 Å². The van der Waals surface area contributed by atoms with Crippen LogP contribution in [-0.2, 0) is 11.2 Å². The summed E-state index contributed by atoms with van der Waals surface area (Å²) in [5, 5.41) is 2.15. The van der Waals surface area contributed by atoms with E-state index < -0.39 is 0 Å². The summed E-state index contributed by atoms with van der Waals surface area (Å²) >= 11 is 5.61. The topological polar surface area (TPSA) is 9.23 Å². The predicted octanol–water partition coefficient (Wildman–Crippen LogP) is 10.5. The first-order valence-electron chi connectivity index (χ1n) is 11.9. The Morgan fingerprint density at radius 2 is 1.53 bits per heavy atom. The van der Waals surface area contributed by atoms with Crippen LogP contribution < -0.4 is 0 Å². The molecule has 0 aliphatic heterocycles. The first kappa shape index (κ1) is 25.0. The van der Waals surface area contributed by atoms with Crippen molar-refractivity contribution in [3.63, 3.8) is 0 Å². The molecule has 0 radical (unpaired) electrons. The summed E-state index contributed by atoms with van der Waals surface area (Å²) < 4.78 is 5.12. The molecule has 3 aromatic rings. The maximum Gasteiger partial charge on any atom is 0.0838 e. The Balaban J connectivity index is 1.65. The Hall–Kier alpha value is -1.62. The molecule has 3 aromatic heterocycles. The summed E-state index contributed by atoms with van der Waals surface area (Å²) in [5.74, 6) is 0. The molecule has 0 unspecified atom stereocenters. The van der Waals surface area contributed by atoms with E-state index in [1.54, 1.807) is 24.7 Å². The monoisotopic (exact) mass is 484 g/mol. The molecule has 32 heavy (non-hydrogen) atoms. The molecule has 0 spiro atoms. The van der Waals surface area contributed by atoms with Crippen molar-refractivity contribution in [3.8, 4) is 20.9 Å². The second-order valence-electron chi connectivity index (χ2n) is 8.12. The van der Waals surface area contributed by atoms with Gasteiger partial charge in [-0.3, -0.25) is 0 Å². The molecule has 0 aliphatic carbocycles. The van der Waals surface area contributed by atoms with Crippen LogP contribution in [0.25, 0.3) is 33.0 Å². The molecule has 172 valence electrons. The molecule has 0 aliphatic rings. The van der Waals surface area contributed by atoms with Crippen molar-refractivity contribution in [2.45, 2.75) is 71.6 Å². The van der Waals surface area contributed by atoms with Gasteiger partial charge in [0.05, 0.1) is 13.4 Å². The maximum atomic E-state index is 5.12. The number of methoxy groups -OCH3 is 1. The lowest BCUT2D eigenvalue weighted by molar-refractivity contribution is 0.341. The molecule has 0 atom stereocenters. The zero-order chi connectivity index (χ0) is 22.6. The van der Waals surface area contributed by atoms with Gasteiger partial charge in [0.1, 0.15) is 0 Å². The van der Waals surface area contributed by atoms with Crippen LogP contribution in [-0.4, -0.2) is 7.11 Å². The van der Waals surface area contributed by atoms with Gasteiger partial charge >= 0.3 is 0 Å². The van der Waals surface area contributed by atoms with Gasteiger partial charge in [0.2, 0.25) is 0 Å². The fourth-order valence-corrected chi connectivity index (χ4v) is 7.08. The third kappa shape index (κ3) is 7.19. The molecule has 0 fully saturated rings. The Bertz CT molecular complexity index is 986. The highest BCUT2D eigenvalue weighted by Crippen LogP contribution is 2.42. The van der Waals surface area contributed by atoms with Crippen LogP contribution in [0, 0.1) is 0 Å². The lowest BCUT2D eigenvalue weighted by atomic mass is 10.1. The van der Waals surface area contributed by atoms with Crippen LogP contribution in [0.3, 0.4) is 0 Å². The Kier molecular flexibility index (Phi) is 10.8. The molecular formula is C28H36OS3. The van der Waals surface area contributed by atoms with E-state index in [4.69, 9.17) is 4.74 Å². The number of ether oxygens (including phenoxy) is 1. The van der Waals surface area contributed by atoms with E-state index in [1.165, 1.54) is 93.3 Å². The molecular weight excluding hydrogens is 449 g/mol. The number of rotatable bonds is 14. The molecule has 3 rings (SSSR count). The standard InChI is InChI=1S/C28H36OS3/c1-4-6-7-8-9-10-11-12-14-22-21-24(26(31-22)13-5-2)28-16-15-27(32-28)23-18-20-30-25(23)17-19-29-3/h5,13,15-21H,4,6-12,14H2,1-3H3/b13-5+,19-17+. The number of aryl methyl sites for hydroxylation is 1. The van der Waals surface area contributed by atoms with Gasteiger partial charge in [0, 0.05) is 35.5 Å². The Morgan fingerprint density at radius 1 is 0.812 bits per heavy atom. The minimum atomic E-state index is 1.21. The maximum absolute atomic E-state index is 5.12. The SMILES string of the molecule is C/C=C/c1sc(CCCCCCCCCC)cc1-c1ccc(-c2ccsc2/C=C/OC)s1. The first-order valence-corrected chi connectivity index (χ1v) is 14.4. The van der Waals surface area contributed by atoms with Crippen LogP contribution in [0.4, 0.5) is 0 Å². The van der Waals surface area contributed by atoms with Gasteiger partial charge < -0.3 is 4.74 Å². The summed E-state index contributed by atoms with van der Waals surface area (Å²) in [6.45, 7) is 4.40. The number of hydrogen-bond acceptors (Lipinski definition) is 4. The minimum absolute atomic E-state index is 1.21. The van der Waals surface area contributed by atoms with Crippen LogP contribution in [0.5, 0.6) is 0 Å². The quantitative estimate of drug-likeness (QED) is 0.163. The number of hydrogen-bond donors (Lipinski definition) is 0. The van der Waals surface area contributed by atoms with Crippen molar-refractivity contribution < 1.29 is 4.74 Å². The fourth-order valence-electron chi connectivity index (χ4n) is 3.89. The Labute approximate surface area is 206 Å². The van der Waals surface area contributed by atoms with E-state index in [0.29, 0.717) is 0 Å². The lowest BCUT2D eigenvalue weighted by Gasteiger charge is -2.00. The van der Waals surface area contributed by atoms with Gasteiger partial charge in [-0.1, -0.05) is 57.9 Å². The summed E-state index contributed by atoms with van der Waals surface area (Å²) in [5.41, 5.74) is 2.68. The van der Waals surface area contributed by atoms with Crippen molar-refractivity contribution >= 4 is 46.2 Å². The molecule has 0 bridgehead atoms. The highest BCUT2D eigenvalue weighted by atomic mass is 32.1. The van der Waals surface area contributed by atoms with E-state index >= 15 is 0 Å². The summed E-state index contributed by atoms with van der Waals surface area (Å²) in [4.78, 5) is 6.84. The summed E-state index contributed by atoms with van der Waals surface area (Å²) in [6.07, 6.45) is 20.5. The molecule has 0 amide bonds. The molecule has 0 N–H and O–H groups in total. The van der Waals surface area contributed by atoms with Gasteiger partial charge in [0.25, 0.3) is 0 Å². The van der Waals surface area contributed by atoms with E-state index in [0.717, 1.165) is 0 Å². The van der Waals surface area contributed by atoms with Gasteiger partial charge in [-0.05, 0) is 61.6 Å². The molecule has 0 saturated carbocycles. The van der Waals surface area contributed by atoms with E-state index in [9.17, 15) is 0 Å². The van der Waals surface area contributed by atoms with Crippen molar-refractivity contribution in [1.82, 2.24) is 0 Å². The number of thiophene rings is 3. The third-order valence-corrected chi connectivity index (χ3v) is 8.79. The lowest BCUT2D eigenvalue weighted by Crippen LogP contribution is -1.83. The highest BCUT2D eigenvalue weighted by molar-refractivity contribution is 7.20. The third-order valence-electron chi connectivity index (χ3n) is 5.59. The second-order valence-corrected chi connectivity index (χ2v) is 11.3. The molecule has 1 nitrogen and oxygen atoms in total. The molecule has 0 saturated heterocycles. The smallest absolute Gasteiger partial charge is 0.0838 e. The van der Waals surface area contributed by atoms with E-state index in [-0.39, 0.29) is 0 Å². The zero-order valence-electron chi connectivity index (χ0n) is 19.7. The summed E-state index contributed by atoms with van der Waals surface area (Å²) in [7, 11) is 1.69. The van der Waals surface area contributed by atoms with Gasteiger partial charge in [-0.15, -0.1) is 34.0 Å². The number of allylic oxidation sites excluding steroid dienone is 1. The normalized spacial score (nSPS) is 11.8. The first-order chi connectivity index (χ1) is 15.8. The van der Waals surface area contributed by atoms with Crippen LogP contribution in [0.15, 0.2) is 42.0 Å². The average molecular weight is 485 g/mol. The zero-order valence-corrected chi connectivity index (χ0v) is 22.1. The fraction of sp³-hybridized carbons (Fsp3) is 0.429. The predicted molar refractivity (Wildman–Crippen MR) is 148 cm³/mol. The molecule has 0 aromatic carbocycles. The molecule has 4 heteroatoms. The van der Waals surface area contributed by atoms with Crippen LogP contribution in [0.2, 0.25) is 0 Å². The van der Waals surface area contributed by atoms with Gasteiger partial charge in [-0.25, -0.2) is 0 Å². The van der Waals surface area contributed by atoms with Gasteiger partial charge in [0.15, 0.2) is 0 Å². The van der Waals surface area contributed by atoms with Crippen LogP contribution >= 0.6 is 34.0 Å². The number of unbranched alkanes of at least 4 members (excludes halogenated alkanes) is 7.